The number of hydrogen-bond acceptors (Lipinski definition) is 9. The minimum absolute atomic E-state index is 0.0269. The number of halogens is 3. The van der Waals surface area contributed by atoms with Crippen molar-refractivity contribution in [1.29, 1.82) is 0 Å². The Bertz CT molecular complexity index is 1360. The number of nitrogens with zero attached hydrogens (tertiary/aromatic N) is 4. The molecule has 0 spiro atoms. The van der Waals surface area contributed by atoms with Gasteiger partial charge in [0, 0.05) is 23.7 Å². The van der Waals surface area contributed by atoms with Crippen molar-refractivity contribution < 1.29 is 23.0 Å². The van der Waals surface area contributed by atoms with Gasteiger partial charge in [0.1, 0.15) is 27.7 Å². The van der Waals surface area contributed by atoms with E-state index in [4.69, 9.17) is 4.74 Å². The summed E-state index contributed by atoms with van der Waals surface area (Å²) < 4.78 is 49.4. The van der Waals surface area contributed by atoms with Gasteiger partial charge in [-0.05, 0) is 56.0 Å². The van der Waals surface area contributed by atoms with Crippen molar-refractivity contribution in [3.05, 3.63) is 59.5 Å². The number of benzene rings is 1. The van der Waals surface area contributed by atoms with Gasteiger partial charge in [-0.25, -0.2) is 19.3 Å². The van der Waals surface area contributed by atoms with Gasteiger partial charge in [-0.2, -0.15) is 13.8 Å². The number of rotatable bonds is 7. The quantitative estimate of drug-likeness (QED) is 0.307. The molecule has 5 rings (SSSR count). The molecule has 1 saturated carbocycles. The van der Waals surface area contributed by atoms with Crippen molar-refractivity contribution in [3.63, 3.8) is 0 Å². The number of fused-ring (bicyclic) bond motifs is 1. The molecule has 0 saturated heterocycles. The number of nitrogens with one attached hydrogen (secondary N) is 2. The monoisotopic (exact) mass is 516 g/mol. The first kappa shape index (κ1) is 24.2. The summed E-state index contributed by atoms with van der Waals surface area (Å²) in [5.74, 6) is -3.54. The molecule has 0 atom stereocenters. The predicted octanol–water partition coefficient (Wildman–Crippen LogP) is 5.23. The standard InChI is InChI=1S/C24H23F3N6O2S/c1-35-20-11-10-17-21(33-20)36-23(29-17)32-19-12-18(24(26,27)13-2-4-14(25)5-3-13)30-22(31-19)28-15-6-8-16(34)9-7-15/h2-5,10-12,15-16,34H,6-9H2,1H3,(H2,28,29,30,31,32)/t15-,16-. The fourth-order valence-electron chi connectivity index (χ4n) is 4.02. The normalized spacial score (nSPS) is 18.2. The number of thiazole rings is 1. The third kappa shape index (κ3) is 5.19. The van der Waals surface area contributed by atoms with Crippen molar-refractivity contribution in [2.24, 2.45) is 0 Å². The van der Waals surface area contributed by atoms with Crippen LogP contribution in [0.25, 0.3) is 10.3 Å². The molecule has 3 heterocycles. The summed E-state index contributed by atoms with van der Waals surface area (Å²) in [7, 11) is 1.51. The molecular weight excluding hydrogens is 493 g/mol. The van der Waals surface area contributed by atoms with Crippen LogP contribution in [-0.2, 0) is 5.92 Å². The maximum atomic E-state index is 15.5. The van der Waals surface area contributed by atoms with E-state index in [1.54, 1.807) is 12.1 Å². The molecule has 4 aromatic rings. The Labute approximate surface area is 208 Å². The van der Waals surface area contributed by atoms with Crippen molar-refractivity contribution in [3.8, 4) is 5.88 Å². The molecule has 36 heavy (non-hydrogen) atoms. The zero-order valence-corrected chi connectivity index (χ0v) is 20.0. The Balaban J connectivity index is 1.49. The van der Waals surface area contributed by atoms with E-state index in [9.17, 15) is 9.50 Å². The lowest BCUT2D eigenvalue weighted by atomic mass is 9.93. The Morgan fingerprint density at radius 3 is 2.47 bits per heavy atom. The van der Waals surface area contributed by atoms with Crippen molar-refractivity contribution in [2.45, 2.75) is 43.8 Å². The van der Waals surface area contributed by atoms with E-state index in [0.29, 0.717) is 47.0 Å². The van der Waals surface area contributed by atoms with Gasteiger partial charge in [0.25, 0.3) is 0 Å². The molecule has 3 N–H and O–H groups in total. The maximum absolute atomic E-state index is 15.5. The molecule has 188 valence electrons. The minimum atomic E-state index is -3.51. The van der Waals surface area contributed by atoms with Gasteiger partial charge in [0.15, 0.2) is 5.13 Å². The summed E-state index contributed by atoms with van der Waals surface area (Å²) in [5, 5.41) is 16.3. The van der Waals surface area contributed by atoms with E-state index in [0.717, 1.165) is 30.3 Å². The van der Waals surface area contributed by atoms with E-state index in [1.165, 1.54) is 18.4 Å². The highest BCUT2D eigenvalue weighted by Crippen LogP contribution is 2.37. The number of aliphatic hydroxyl groups is 1. The molecule has 0 radical (unpaired) electrons. The number of methoxy groups -OCH3 is 1. The van der Waals surface area contributed by atoms with Crippen LogP contribution in [0.15, 0.2) is 42.5 Å². The molecule has 12 heteroatoms. The lowest BCUT2D eigenvalue weighted by Gasteiger charge is -2.26. The second-order valence-electron chi connectivity index (χ2n) is 8.52. The summed E-state index contributed by atoms with van der Waals surface area (Å²) in [6.07, 6.45) is 2.18. The zero-order valence-electron chi connectivity index (χ0n) is 19.2. The van der Waals surface area contributed by atoms with E-state index < -0.39 is 23.0 Å². The van der Waals surface area contributed by atoms with Crippen LogP contribution in [0.4, 0.5) is 30.1 Å². The number of aromatic nitrogens is 4. The highest BCUT2D eigenvalue weighted by Gasteiger charge is 2.37. The third-order valence-electron chi connectivity index (χ3n) is 5.96. The number of aliphatic hydroxyl groups excluding tert-OH is 1. The highest BCUT2D eigenvalue weighted by atomic mass is 32.1. The van der Waals surface area contributed by atoms with Gasteiger partial charge < -0.3 is 20.5 Å². The van der Waals surface area contributed by atoms with E-state index >= 15 is 8.78 Å². The van der Waals surface area contributed by atoms with Crippen molar-refractivity contribution in [1.82, 2.24) is 19.9 Å². The van der Waals surface area contributed by atoms with Crippen LogP contribution < -0.4 is 15.4 Å². The number of ether oxygens (including phenoxy) is 1. The molecule has 0 amide bonds. The molecular formula is C24H23F3N6O2S. The van der Waals surface area contributed by atoms with Gasteiger partial charge in [-0.15, -0.1) is 0 Å². The first-order valence-electron chi connectivity index (χ1n) is 11.4. The molecule has 0 bridgehead atoms. The smallest absolute Gasteiger partial charge is 0.315 e. The summed E-state index contributed by atoms with van der Waals surface area (Å²) >= 11 is 1.22. The SMILES string of the molecule is COc1ccc2nc(Nc3cc(C(F)(F)c4ccc(F)cc4)nc(N[C@H]4CC[C@H](O)CC4)n3)sc2n1. The highest BCUT2D eigenvalue weighted by molar-refractivity contribution is 7.21. The van der Waals surface area contributed by atoms with Crippen molar-refractivity contribution >= 4 is 38.6 Å². The summed E-state index contributed by atoms with van der Waals surface area (Å²) in [6.45, 7) is 0. The topological polar surface area (TPSA) is 105 Å². The van der Waals surface area contributed by atoms with Crippen molar-refractivity contribution in [2.75, 3.05) is 17.7 Å². The van der Waals surface area contributed by atoms with Gasteiger partial charge in [-0.3, -0.25) is 0 Å². The van der Waals surface area contributed by atoms with E-state index in [-0.39, 0.29) is 23.9 Å². The minimum Gasteiger partial charge on any atom is -0.481 e. The molecule has 0 unspecified atom stereocenters. The first-order valence-corrected chi connectivity index (χ1v) is 12.2. The number of alkyl halides is 2. The summed E-state index contributed by atoms with van der Waals surface area (Å²) in [4.78, 5) is 17.9. The number of pyridine rings is 1. The van der Waals surface area contributed by atoms with Gasteiger partial charge >= 0.3 is 5.92 Å². The fourth-order valence-corrected chi connectivity index (χ4v) is 4.86. The summed E-state index contributed by atoms with van der Waals surface area (Å²) in [5.41, 5.74) is -0.323. The largest absolute Gasteiger partial charge is 0.481 e. The average Bonchev–Trinajstić information content (AvgIpc) is 3.27. The Kier molecular flexibility index (Phi) is 6.63. The molecule has 0 aliphatic heterocycles. The summed E-state index contributed by atoms with van der Waals surface area (Å²) in [6, 6.07) is 8.56. The van der Waals surface area contributed by atoms with Crippen LogP contribution in [0.3, 0.4) is 0 Å². The lowest BCUT2D eigenvalue weighted by molar-refractivity contribution is 0.0380. The van der Waals surface area contributed by atoms with Gasteiger partial charge in [0.2, 0.25) is 11.8 Å². The van der Waals surface area contributed by atoms with E-state index in [2.05, 4.69) is 30.6 Å². The Hall–Kier alpha value is -3.51. The van der Waals surface area contributed by atoms with Crippen LogP contribution in [-0.4, -0.2) is 44.3 Å². The van der Waals surface area contributed by atoms with Crippen LogP contribution in [0.2, 0.25) is 0 Å². The van der Waals surface area contributed by atoms with Crippen LogP contribution in [0.1, 0.15) is 36.9 Å². The third-order valence-corrected chi connectivity index (χ3v) is 6.84. The Morgan fingerprint density at radius 2 is 1.75 bits per heavy atom. The molecule has 1 aliphatic rings. The number of anilines is 3. The van der Waals surface area contributed by atoms with Crippen LogP contribution >= 0.6 is 11.3 Å². The molecule has 1 aromatic carbocycles. The number of hydrogen-bond donors (Lipinski definition) is 3. The van der Waals surface area contributed by atoms with E-state index in [1.807, 2.05) is 0 Å². The van der Waals surface area contributed by atoms with Crippen LogP contribution in [0.5, 0.6) is 5.88 Å². The molecule has 8 nitrogen and oxygen atoms in total. The second-order valence-corrected chi connectivity index (χ2v) is 9.49. The lowest BCUT2D eigenvalue weighted by Crippen LogP contribution is -2.29. The second kappa shape index (κ2) is 9.86. The molecule has 1 aliphatic carbocycles. The van der Waals surface area contributed by atoms with Gasteiger partial charge in [-0.1, -0.05) is 11.3 Å². The van der Waals surface area contributed by atoms with Crippen LogP contribution in [0, 0.1) is 5.82 Å². The van der Waals surface area contributed by atoms with Gasteiger partial charge in [0.05, 0.1) is 13.2 Å². The average molecular weight is 517 g/mol. The molecule has 3 aromatic heterocycles. The first-order chi connectivity index (χ1) is 17.3. The fraction of sp³-hybridized carbons (Fsp3) is 0.333. The Morgan fingerprint density at radius 1 is 1.00 bits per heavy atom. The molecule has 1 fully saturated rings. The maximum Gasteiger partial charge on any atom is 0.315 e. The zero-order chi connectivity index (χ0) is 25.3. The predicted molar refractivity (Wildman–Crippen MR) is 131 cm³/mol.